The van der Waals surface area contributed by atoms with Crippen molar-refractivity contribution in [2.24, 2.45) is 5.73 Å². The van der Waals surface area contributed by atoms with E-state index in [1.54, 1.807) is 6.07 Å². The molecule has 2 rings (SSSR count). The number of anilines is 2. The van der Waals surface area contributed by atoms with Crippen molar-refractivity contribution in [3.05, 3.63) is 58.1 Å². The molecule has 2 aromatic carbocycles. The molecular weight excluding hydrogens is 381 g/mol. The fraction of sp³-hybridized carbons (Fsp3) is 0.118. The van der Waals surface area contributed by atoms with Crippen LogP contribution in [-0.4, -0.2) is 24.0 Å². The minimum Gasteiger partial charge on any atom is -0.449 e. The molecule has 2 aromatic rings. The van der Waals surface area contributed by atoms with Crippen LogP contribution < -0.4 is 16.4 Å². The van der Waals surface area contributed by atoms with Crippen LogP contribution in [0.1, 0.15) is 17.3 Å². The van der Waals surface area contributed by atoms with E-state index in [9.17, 15) is 14.4 Å². The van der Waals surface area contributed by atoms with Crippen LogP contribution in [0.3, 0.4) is 0 Å². The number of carbonyl (C=O) groups is 3. The SMILES string of the molecule is CC(OC(=O)c1ccc(NC(N)=O)cc1)C(=O)Nc1cc(Cl)ccc1Cl. The van der Waals surface area contributed by atoms with Crippen molar-refractivity contribution in [2.75, 3.05) is 10.6 Å². The van der Waals surface area contributed by atoms with Crippen LogP contribution in [0, 0.1) is 0 Å². The lowest BCUT2D eigenvalue weighted by molar-refractivity contribution is -0.123. The molecule has 0 aromatic heterocycles. The number of primary amides is 1. The Labute approximate surface area is 159 Å². The van der Waals surface area contributed by atoms with Gasteiger partial charge in [0.1, 0.15) is 0 Å². The molecule has 0 aliphatic heterocycles. The third kappa shape index (κ3) is 5.37. The number of nitrogens with one attached hydrogen (secondary N) is 2. The Hall–Kier alpha value is -2.77. The monoisotopic (exact) mass is 395 g/mol. The van der Waals surface area contributed by atoms with Crippen molar-refractivity contribution < 1.29 is 19.1 Å². The second kappa shape index (κ2) is 8.55. The van der Waals surface area contributed by atoms with Crippen molar-refractivity contribution in [3.8, 4) is 0 Å². The van der Waals surface area contributed by atoms with E-state index < -0.39 is 24.0 Å². The summed E-state index contributed by atoms with van der Waals surface area (Å²) in [5.74, 6) is -1.26. The van der Waals surface area contributed by atoms with Crippen molar-refractivity contribution in [2.45, 2.75) is 13.0 Å². The van der Waals surface area contributed by atoms with E-state index in [0.717, 1.165) is 0 Å². The first-order valence-corrected chi connectivity index (χ1v) is 8.15. The predicted octanol–water partition coefficient (Wildman–Crippen LogP) is 3.67. The van der Waals surface area contributed by atoms with Gasteiger partial charge in [-0.25, -0.2) is 9.59 Å². The van der Waals surface area contributed by atoms with E-state index >= 15 is 0 Å². The average Bonchev–Trinajstić information content (AvgIpc) is 2.58. The zero-order chi connectivity index (χ0) is 19.3. The molecule has 0 radical (unpaired) electrons. The Morgan fingerprint density at radius 1 is 1.04 bits per heavy atom. The molecule has 136 valence electrons. The van der Waals surface area contributed by atoms with Gasteiger partial charge < -0.3 is 21.1 Å². The molecule has 1 unspecified atom stereocenters. The van der Waals surface area contributed by atoms with Crippen LogP contribution >= 0.6 is 23.2 Å². The van der Waals surface area contributed by atoms with Gasteiger partial charge in [-0.2, -0.15) is 0 Å². The highest BCUT2D eigenvalue weighted by atomic mass is 35.5. The first-order chi connectivity index (χ1) is 12.3. The molecule has 3 amide bonds. The molecule has 0 aliphatic rings. The number of carbonyl (C=O) groups excluding carboxylic acids is 3. The molecule has 0 fully saturated rings. The zero-order valence-corrected chi connectivity index (χ0v) is 15.1. The minimum atomic E-state index is -1.07. The maximum atomic E-state index is 12.2. The fourth-order valence-corrected chi connectivity index (χ4v) is 2.28. The normalized spacial score (nSPS) is 11.3. The average molecular weight is 396 g/mol. The number of amides is 3. The van der Waals surface area contributed by atoms with Gasteiger partial charge in [-0.15, -0.1) is 0 Å². The predicted molar refractivity (Wildman–Crippen MR) is 99.6 cm³/mol. The molecule has 0 spiro atoms. The molecule has 0 saturated heterocycles. The summed E-state index contributed by atoms with van der Waals surface area (Å²) in [5, 5.41) is 5.62. The summed E-state index contributed by atoms with van der Waals surface area (Å²) >= 11 is 11.8. The number of nitrogens with two attached hydrogens (primary N) is 1. The molecule has 26 heavy (non-hydrogen) atoms. The van der Waals surface area contributed by atoms with E-state index in [-0.39, 0.29) is 5.56 Å². The summed E-state index contributed by atoms with van der Waals surface area (Å²) in [6.45, 7) is 1.43. The topological polar surface area (TPSA) is 111 Å². The Morgan fingerprint density at radius 2 is 1.69 bits per heavy atom. The van der Waals surface area contributed by atoms with Crippen LogP contribution in [0.25, 0.3) is 0 Å². The van der Waals surface area contributed by atoms with Gasteiger partial charge in [0.25, 0.3) is 5.91 Å². The summed E-state index contributed by atoms with van der Waals surface area (Å²) < 4.78 is 5.12. The largest absolute Gasteiger partial charge is 0.449 e. The van der Waals surface area contributed by atoms with Gasteiger partial charge in [0.15, 0.2) is 6.10 Å². The third-order valence-corrected chi connectivity index (χ3v) is 3.79. The Balaban J connectivity index is 1.98. The van der Waals surface area contributed by atoms with Crippen molar-refractivity contribution >= 4 is 52.5 Å². The minimum absolute atomic E-state index is 0.209. The lowest BCUT2D eigenvalue weighted by atomic mass is 10.2. The Kier molecular flexibility index (Phi) is 6.43. The molecular formula is C17H15Cl2N3O4. The maximum Gasteiger partial charge on any atom is 0.338 e. The Morgan fingerprint density at radius 3 is 2.31 bits per heavy atom. The highest BCUT2D eigenvalue weighted by Crippen LogP contribution is 2.25. The van der Waals surface area contributed by atoms with Gasteiger partial charge in [-0.1, -0.05) is 23.2 Å². The van der Waals surface area contributed by atoms with E-state index in [2.05, 4.69) is 10.6 Å². The molecule has 7 nitrogen and oxygen atoms in total. The van der Waals surface area contributed by atoms with Crippen LogP contribution in [0.15, 0.2) is 42.5 Å². The molecule has 0 saturated carbocycles. The van der Waals surface area contributed by atoms with Gasteiger partial charge in [0.2, 0.25) is 0 Å². The van der Waals surface area contributed by atoms with Gasteiger partial charge in [0, 0.05) is 10.7 Å². The number of ether oxygens (including phenoxy) is 1. The number of halogens is 2. The fourth-order valence-electron chi connectivity index (χ4n) is 1.94. The summed E-state index contributed by atoms with van der Waals surface area (Å²) in [7, 11) is 0. The first-order valence-electron chi connectivity index (χ1n) is 7.39. The van der Waals surface area contributed by atoms with Gasteiger partial charge in [-0.05, 0) is 49.4 Å². The second-order valence-electron chi connectivity index (χ2n) is 5.23. The molecule has 9 heteroatoms. The van der Waals surface area contributed by atoms with Crippen molar-refractivity contribution in [1.29, 1.82) is 0 Å². The number of rotatable bonds is 5. The summed E-state index contributed by atoms with van der Waals surface area (Å²) in [6.07, 6.45) is -1.07. The molecule has 0 bridgehead atoms. The lowest BCUT2D eigenvalue weighted by Gasteiger charge is -2.14. The number of benzene rings is 2. The summed E-state index contributed by atoms with van der Waals surface area (Å²) in [4.78, 5) is 35.0. The van der Waals surface area contributed by atoms with E-state index in [1.807, 2.05) is 0 Å². The highest BCUT2D eigenvalue weighted by molar-refractivity contribution is 6.35. The lowest BCUT2D eigenvalue weighted by Crippen LogP contribution is -2.30. The maximum absolute atomic E-state index is 12.2. The van der Waals surface area contributed by atoms with Crippen LogP contribution in [0.5, 0.6) is 0 Å². The van der Waals surface area contributed by atoms with Gasteiger partial charge in [0.05, 0.1) is 16.3 Å². The van der Waals surface area contributed by atoms with Gasteiger partial charge >= 0.3 is 12.0 Å². The molecule has 1 atom stereocenters. The first kappa shape index (κ1) is 19.6. The number of urea groups is 1. The third-order valence-electron chi connectivity index (χ3n) is 3.23. The number of hydrogen-bond acceptors (Lipinski definition) is 4. The standard InChI is InChI=1S/C17H15Cl2N3O4/c1-9(15(23)22-14-8-11(18)4-7-13(14)19)26-16(24)10-2-5-12(6-3-10)21-17(20)25/h2-9H,1H3,(H,22,23)(H3,20,21,25). The van der Waals surface area contributed by atoms with Crippen LogP contribution in [0.4, 0.5) is 16.2 Å². The van der Waals surface area contributed by atoms with E-state index in [0.29, 0.717) is 21.4 Å². The van der Waals surface area contributed by atoms with Crippen molar-refractivity contribution in [1.82, 2.24) is 0 Å². The smallest absolute Gasteiger partial charge is 0.338 e. The van der Waals surface area contributed by atoms with E-state index in [1.165, 1.54) is 43.3 Å². The molecule has 0 heterocycles. The second-order valence-corrected chi connectivity index (χ2v) is 6.07. The highest BCUT2D eigenvalue weighted by Gasteiger charge is 2.20. The van der Waals surface area contributed by atoms with Crippen molar-refractivity contribution in [3.63, 3.8) is 0 Å². The number of esters is 1. The van der Waals surface area contributed by atoms with Crippen LogP contribution in [0.2, 0.25) is 10.0 Å². The summed E-state index contributed by atoms with van der Waals surface area (Å²) in [6, 6.07) is 9.73. The van der Waals surface area contributed by atoms with E-state index in [4.69, 9.17) is 33.7 Å². The summed E-state index contributed by atoms with van der Waals surface area (Å²) in [5.41, 5.74) is 5.95. The number of hydrogen-bond donors (Lipinski definition) is 3. The zero-order valence-electron chi connectivity index (χ0n) is 13.6. The molecule has 0 aliphatic carbocycles. The van der Waals surface area contributed by atoms with Crippen LogP contribution in [-0.2, 0) is 9.53 Å². The molecule has 4 N–H and O–H groups in total. The quantitative estimate of drug-likeness (QED) is 0.670. The Bertz CT molecular complexity index is 840. The van der Waals surface area contributed by atoms with Gasteiger partial charge in [-0.3, -0.25) is 4.79 Å².